The lowest BCUT2D eigenvalue weighted by Crippen LogP contribution is -2.14. The smallest absolute Gasteiger partial charge is 0.247 e. The minimum Gasteiger partial charge on any atom is -0.326 e. The molecule has 0 unspecified atom stereocenters. The number of anilines is 2. The van der Waals surface area contributed by atoms with Crippen LogP contribution in [0.1, 0.15) is 4.88 Å². The molecule has 1 heterocycles. The minimum atomic E-state index is -0.588. The maximum Gasteiger partial charge on any atom is 0.247 e. The molecule has 1 aromatic carbocycles. The van der Waals surface area contributed by atoms with E-state index in [2.05, 4.69) is 33.1 Å². The predicted octanol–water partition coefficient (Wildman–Crippen LogP) is 3.96. The molecule has 0 aliphatic rings. The van der Waals surface area contributed by atoms with Gasteiger partial charge in [0, 0.05) is 10.6 Å². The van der Waals surface area contributed by atoms with Crippen molar-refractivity contribution in [2.75, 3.05) is 10.6 Å². The molecule has 2 rings (SSSR count). The van der Waals surface area contributed by atoms with Gasteiger partial charge in [0.1, 0.15) is 5.82 Å². The van der Waals surface area contributed by atoms with Crippen LogP contribution in [0.3, 0.4) is 0 Å². The van der Waals surface area contributed by atoms with Gasteiger partial charge in [0.2, 0.25) is 11.8 Å². The minimum absolute atomic E-state index is 0.0124. The Bertz CT molecular complexity index is 730. The fourth-order valence-electron chi connectivity index (χ4n) is 1.69. The SMILES string of the molecule is C=CC(=O)Nc1cc(NC(=O)Cc2ccc(Br)s2)ccc1F. The van der Waals surface area contributed by atoms with Crippen molar-refractivity contribution in [1.82, 2.24) is 0 Å². The molecule has 4 nitrogen and oxygen atoms in total. The van der Waals surface area contributed by atoms with E-state index in [1.807, 2.05) is 12.1 Å². The average molecular weight is 383 g/mol. The van der Waals surface area contributed by atoms with Crippen molar-refractivity contribution in [3.8, 4) is 0 Å². The first kappa shape index (κ1) is 16.4. The number of thiophene rings is 1. The molecular weight excluding hydrogens is 371 g/mol. The van der Waals surface area contributed by atoms with Gasteiger partial charge in [-0.3, -0.25) is 9.59 Å². The molecule has 2 aromatic rings. The van der Waals surface area contributed by atoms with Crippen molar-refractivity contribution in [1.29, 1.82) is 0 Å². The summed E-state index contributed by atoms with van der Waals surface area (Å²) in [7, 11) is 0. The highest BCUT2D eigenvalue weighted by Crippen LogP contribution is 2.23. The van der Waals surface area contributed by atoms with Gasteiger partial charge >= 0.3 is 0 Å². The first-order valence-corrected chi connectivity index (χ1v) is 7.86. The fraction of sp³-hybridized carbons (Fsp3) is 0.0667. The van der Waals surface area contributed by atoms with Crippen molar-refractivity contribution < 1.29 is 14.0 Å². The number of amides is 2. The molecule has 22 heavy (non-hydrogen) atoms. The number of halogens is 2. The summed E-state index contributed by atoms with van der Waals surface area (Å²) in [6.45, 7) is 3.30. The zero-order valence-corrected chi connectivity index (χ0v) is 13.8. The van der Waals surface area contributed by atoms with E-state index < -0.39 is 11.7 Å². The van der Waals surface area contributed by atoms with Crippen LogP contribution in [0, 0.1) is 5.82 Å². The third-order valence-corrected chi connectivity index (χ3v) is 4.28. The molecule has 7 heteroatoms. The molecule has 0 radical (unpaired) electrons. The van der Waals surface area contributed by atoms with Crippen LogP contribution in [0.2, 0.25) is 0 Å². The number of carbonyl (C=O) groups is 2. The van der Waals surface area contributed by atoms with Crippen LogP contribution in [0.5, 0.6) is 0 Å². The Kier molecular flexibility index (Phi) is 5.46. The molecule has 2 amide bonds. The summed E-state index contributed by atoms with van der Waals surface area (Å²) in [6, 6.07) is 7.69. The molecule has 0 aliphatic carbocycles. The van der Waals surface area contributed by atoms with E-state index in [0.29, 0.717) is 5.69 Å². The topological polar surface area (TPSA) is 58.2 Å². The van der Waals surface area contributed by atoms with Crippen molar-refractivity contribution in [3.63, 3.8) is 0 Å². The van der Waals surface area contributed by atoms with Crippen molar-refractivity contribution in [2.24, 2.45) is 0 Å². The Morgan fingerprint density at radius 1 is 1.27 bits per heavy atom. The summed E-state index contributed by atoms with van der Waals surface area (Å²) in [5.41, 5.74) is 0.392. The molecule has 114 valence electrons. The molecule has 1 aromatic heterocycles. The fourth-order valence-corrected chi connectivity index (χ4v) is 3.17. The quantitative estimate of drug-likeness (QED) is 0.768. The van der Waals surface area contributed by atoms with Gasteiger partial charge in [-0.05, 0) is 52.3 Å². The van der Waals surface area contributed by atoms with Crippen molar-refractivity contribution in [3.05, 3.63) is 57.5 Å². The number of benzene rings is 1. The lowest BCUT2D eigenvalue weighted by Gasteiger charge is -2.08. The van der Waals surface area contributed by atoms with Crippen molar-refractivity contribution in [2.45, 2.75) is 6.42 Å². The zero-order chi connectivity index (χ0) is 16.1. The standard InChI is InChI=1S/C15H12BrFN2O2S/c1-2-14(20)19-12-7-9(3-5-11(12)17)18-15(21)8-10-4-6-13(16)22-10/h2-7H,1,8H2,(H,18,21)(H,19,20). The van der Waals surface area contributed by atoms with E-state index in [-0.39, 0.29) is 18.0 Å². The van der Waals surface area contributed by atoms with Gasteiger partial charge in [-0.15, -0.1) is 11.3 Å². The van der Waals surface area contributed by atoms with Gasteiger partial charge in [-0.25, -0.2) is 4.39 Å². The monoisotopic (exact) mass is 382 g/mol. The van der Waals surface area contributed by atoms with Crippen LogP contribution in [-0.2, 0) is 16.0 Å². The number of rotatable bonds is 5. The van der Waals surface area contributed by atoms with Crippen LogP contribution in [-0.4, -0.2) is 11.8 Å². The van der Waals surface area contributed by atoms with Crippen LogP contribution in [0.15, 0.2) is 46.8 Å². The van der Waals surface area contributed by atoms with Crippen molar-refractivity contribution >= 4 is 50.5 Å². The number of hydrogen-bond donors (Lipinski definition) is 2. The molecular formula is C15H12BrFN2O2S. The van der Waals surface area contributed by atoms with E-state index >= 15 is 0 Å². The molecule has 0 atom stereocenters. The van der Waals surface area contributed by atoms with E-state index in [1.165, 1.54) is 29.5 Å². The number of hydrogen-bond acceptors (Lipinski definition) is 3. The van der Waals surface area contributed by atoms with E-state index in [4.69, 9.17) is 0 Å². The third kappa shape index (κ3) is 4.51. The molecule has 0 fully saturated rings. The highest BCUT2D eigenvalue weighted by Gasteiger charge is 2.09. The molecule has 0 saturated carbocycles. The zero-order valence-electron chi connectivity index (χ0n) is 11.4. The largest absolute Gasteiger partial charge is 0.326 e. The maximum atomic E-state index is 13.6. The van der Waals surface area contributed by atoms with E-state index in [0.717, 1.165) is 14.7 Å². The lowest BCUT2D eigenvalue weighted by molar-refractivity contribution is -0.115. The van der Waals surface area contributed by atoms with Crippen LogP contribution in [0.4, 0.5) is 15.8 Å². The summed E-state index contributed by atoms with van der Waals surface area (Å²) >= 11 is 4.80. The Balaban J connectivity index is 2.05. The van der Waals surface area contributed by atoms with Gasteiger partial charge in [0.25, 0.3) is 0 Å². The first-order valence-electron chi connectivity index (χ1n) is 6.25. The van der Waals surface area contributed by atoms with Gasteiger partial charge in [-0.1, -0.05) is 6.58 Å². The summed E-state index contributed by atoms with van der Waals surface area (Å²) in [5, 5.41) is 5.01. The van der Waals surface area contributed by atoms with Gasteiger partial charge in [-0.2, -0.15) is 0 Å². The summed E-state index contributed by atoms with van der Waals surface area (Å²) < 4.78 is 14.5. The highest BCUT2D eigenvalue weighted by molar-refractivity contribution is 9.11. The number of nitrogens with one attached hydrogen (secondary N) is 2. The maximum absolute atomic E-state index is 13.6. The second-order valence-corrected chi connectivity index (χ2v) is 6.87. The Hall–Kier alpha value is -1.99. The molecule has 0 spiro atoms. The predicted molar refractivity (Wildman–Crippen MR) is 89.6 cm³/mol. The van der Waals surface area contributed by atoms with Gasteiger partial charge < -0.3 is 10.6 Å². The van der Waals surface area contributed by atoms with E-state index in [9.17, 15) is 14.0 Å². The average Bonchev–Trinajstić information content (AvgIpc) is 2.87. The first-order chi connectivity index (χ1) is 10.5. The summed E-state index contributed by atoms with van der Waals surface area (Å²) in [5.74, 6) is -1.33. The van der Waals surface area contributed by atoms with Gasteiger partial charge in [0.05, 0.1) is 15.9 Å². The Labute approximate surface area is 139 Å². The Morgan fingerprint density at radius 2 is 2.05 bits per heavy atom. The Morgan fingerprint density at radius 3 is 2.68 bits per heavy atom. The second kappa shape index (κ2) is 7.33. The van der Waals surface area contributed by atoms with Crippen LogP contribution >= 0.6 is 27.3 Å². The summed E-state index contributed by atoms with van der Waals surface area (Å²) in [4.78, 5) is 24.1. The van der Waals surface area contributed by atoms with Crippen LogP contribution < -0.4 is 10.6 Å². The van der Waals surface area contributed by atoms with Gasteiger partial charge in [0.15, 0.2) is 0 Å². The third-order valence-electron chi connectivity index (χ3n) is 2.66. The normalized spacial score (nSPS) is 10.1. The number of carbonyl (C=O) groups excluding carboxylic acids is 2. The molecule has 2 N–H and O–H groups in total. The molecule has 0 bridgehead atoms. The molecule has 0 aliphatic heterocycles. The van der Waals surface area contributed by atoms with E-state index in [1.54, 1.807) is 0 Å². The van der Waals surface area contributed by atoms with Crippen LogP contribution in [0.25, 0.3) is 0 Å². The second-order valence-electron chi connectivity index (χ2n) is 4.32. The lowest BCUT2D eigenvalue weighted by atomic mass is 10.2. The molecule has 0 saturated heterocycles. The highest BCUT2D eigenvalue weighted by atomic mass is 79.9. The summed E-state index contributed by atoms with van der Waals surface area (Å²) in [6.07, 6.45) is 1.27.